The summed E-state index contributed by atoms with van der Waals surface area (Å²) in [6, 6.07) is 16.7. The van der Waals surface area contributed by atoms with Crippen LogP contribution in [0.15, 0.2) is 54.6 Å². The Hall–Kier alpha value is -3.94. The topological polar surface area (TPSA) is 87.7 Å². The standard InChI is InChI=1S/C27H31N5O3/c1-5-35-26(33)20-11-13-21(14-12-20)28-27(34)32-16-15-23-22(17-32)25(31(4)18(2)3)30-24(29-23)19-9-7-6-8-10-19/h6-14,18H,5,15-17H2,1-4H3,(H,28,34). The second-order valence-electron chi connectivity index (χ2n) is 8.77. The van der Waals surface area contributed by atoms with Crippen molar-refractivity contribution in [3.63, 3.8) is 0 Å². The van der Waals surface area contributed by atoms with Gasteiger partial charge in [-0.15, -0.1) is 0 Å². The van der Waals surface area contributed by atoms with Crippen molar-refractivity contribution in [2.75, 3.05) is 30.4 Å². The van der Waals surface area contributed by atoms with Crippen LogP contribution in [-0.4, -0.2) is 53.1 Å². The third-order valence-corrected chi connectivity index (χ3v) is 6.11. The van der Waals surface area contributed by atoms with Gasteiger partial charge in [0.05, 0.1) is 24.4 Å². The molecule has 8 nitrogen and oxygen atoms in total. The van der Waals surface area contributed by atoms with Crippen LogP contribution in [0.2, 0.25) is 0 Å². The lowest BCUT2D eigenvalue weighted by Gasteiger charge is -2.33. The number of hydrogen-bond donors (Lipinski definition) is 1. The number of fused-ring (bicyclic) bond motifs is 1. The molecule has 0 radical (unpaired) electrons. The Balaban J connectivity index is 1.55. The van der Waals surface area contributed by atoms with Gasteiger partial charge in [-0.3, -0.25) is 0 Å². The summed E-state index contributed by atoms with van der Waals surface area (Å²) in [6.45, 7) is 7.28. The first kappa shape index (κ1) is 24.2. The van der Waals surface area contributed by atoms with Gasteiger partial charge in [0.1, 0.15) is 5.82 Å². The number of hydrogen-bond acceptors (Lipinski definition) is 6. The number of ether oxygens (including phenoxy) is 1. The molecule has 2 amide bonds. The van der Waals surface area contributed by atoms with Crippen molar-refractivity contribution in [3.8, 4) is 11.4 Å². The maximum Gasteiger partial charge on any atom is 0.338 e. The van der Waals surface area contributed by atoms with Crippen molar-refractivity contribution in [2.45, 2.75) is 39.8 Å². The lowest BCUT2D eigenvalue weighted by Crippen LogP contribution is -2.40. The van der Waals surface area contributed by atoms with E-state index in [0.717, 1.165) is 22.6 Å². The highest BCUT2D eigenvalue weighted by Crippen LogP contribution is 2.30. The molecule has 1 aliphatic heterocycles. The highest BCUT2D eigenvalue weighted by atomic mass is 16.5. The molecule has 35 heavy (non-hydrogen) atoms. The lowest BCUT2D eigenvalue weighted by atomic mass is 10.0. The van der Waals surface area contributed by atoms with Crippen LogP contribution in [0, 0.1) is 0 Å². The number of carbonyl (C=O) groups is 2. The first-order valence-corrected chi connectivity index (χ1v) is 11.9. The second-order valence-corrected chi connectivity index (χ2v) is 8.77. The van der Waals surface area contributed by atoms with Gasteiger partial charge in [-0.1, -0.05) is 30.3 Å². The molecular weight excluding hydrogens is 442 g/mol. The van der Waals surface area contributed by atoms with Crippen molar-refractivity contribution in [1.29, 1.82) is 0 Å². The van der Waals surface area contributed by atoms with E-state index in [2.05, 4.69) is 24.1 Å². The maximum absolute atomic E-state index is 13.1. The van der Waals surface area contributed by atoms with Crippen LogP contribution in [0.4, 0.5) is 16.3 Å². The molecule has 0 aliphatic carbocycles. The van der Waals surface area contributed by atoms with Crippen LogP contribution >= 0.6 is 0 Å². The zero-order valence-corrected chi connectivity index (χ0v) is 20.6. The number of amides is 2. The fourth-order valence-corrected chi connectivity index (χ4v) is 3.93. The summed E-state index contributed by atoms with van der Waals surface area (Å²) >= 11 is 0. The fourth-order valence-electron chi connectivity index (χ4n) is 3.93. The SMILES string of the molecule is CCOC(=O)c1ccc(NC(=O)N2CCc3nc(-c4ccccc4)nc(N(C)C(C)C)c3C2)cc1. The molecule has 2 heterocycles. The van der Waals surface area contributed by atoms with Crippen LogP contribution in [-0.2, 0) is 17.7 Å². The van der Waals surface area contributed by atoms with E-state index < -0.39 is 0 Å². The maximum atomic E-state index is 13.1. The highest BCUT2D eigenvalue weighted by Gasteiger charge is 2.28. The number of urea groups is 1. The quantitative estimate of drug-likeness (QED) is 0.520. The Morgan fingerprint density at radius 3 is 2.46 bits per heavy atom. The number of anilines is 2. The Morgan fingerprint density at radius 1 is 1.09 bits per heavy atom. The minimum Gasteiger partial charge on any atom is -0.462 e. The predicted molar refractivity (Wildman–Crippen MR) is 137 cm³/mol. The number of nitrogens with one attached hydrogen (secondary N) is 1. The molecule has 1 aromatic heterocycles. The molecule has 2 aromatic carbocycles. The average Bonchev–Trinajstić information content (AvgIpc) is 2.88. The molecule has 0 saturated heterocycles. The molecule has 1 aliphatic rings. The summed E-state index contributed by atoms with van der Waals surface area (Å²) in [5.74, 6) is 1.17. The molecule has 8 heteroatoms. The van der Waals surface area contributed by atoms with Gasteiger partial charge in [0.15, 0.2) is 5.82 Å². The second kappa shape index (κ2) is 10.5. The number of aromatic nitrogens is 2. The zero-order chi connectivity index (χ0) is 24.9. The fraction of sp³-hybridized carbons (Fsp3) is 0.333. The third-order valence-electron chi connectivity index (χ3n) is 6.11. The van der Waals surface area contributed by atoms with Crippen LogP contribution in [0.3, 0.4) is 0 Å². The first-order chi connectivity index (χ1) is 16.9. The third kappa shape index (κ3) is 5.42. The van der Waals surface area contributed by atoms with Crippen molar-refractivity contribution >= 4 is 23.5 Å². The molecule has 3 aromatic rings. The van der Waals surface area contributed by atoms with Crippen LogP contribution < -0.4 is 10.2 Å². The summed E-state index contributed by atoms with van der Waals surface area (Å²) in [4.78, 5) is 38.6. The van der Waals surface area contributed by atoms with Gasteiger partial charge in [-0.25, -0.2) is 19.6 Å². The van der Waals surface area contributed by atoms with Gasteiger partial charge in [-0.2, -0.15) is 0 Å². The van der Waals surface area contributed by atoms with E-state index in [1.807, 2.05) is 37.4 Å². The molecule has 0 saturated carbocycles. The average molecular weight is 474 g/mol. The molecule has 182 valence electrons. The van der Waals surface area contributed by atoms with Crippen LogP contribution in [0.1, 0.15) is 42.4 Å². The van der Waals surface area contributed by atoms with E-state index >= 15 is 0 Å². The van der Waals surface area contributed by atoms with Crippen molar-refractivity contribution < 1.29 is 14.3 Å². The van der Waals surface area contributed by atoms with Gasteiger partial charge in [-0.05, 0) is 45.0 Å². The minimum absolute atomic E-state index is 0.204. The number of benzene rings is 2. The first-order valence-electron chi connectivity index (χ1n) is 11.9. The Morgan fingerprint density at radius 2 is 1.80 bits per heavy atom. The molecule has 0 spiro atoms. The normalized spacial score (nSPS) is 12.8. The van der Waals surface area contributed by atoms with Gasteiger partial charge in [0.2, 0.25) is 0 Å². The molecule has 1 N–H and O–H groups in total. The molecule has 0 fully saturated rings. The predicted octanol–water partition coefficient (Wildman–Crippen LogP) is 4.76. The summed E-state index contributed by atoms with van der Waals surface area (Å²) in [6.07, 6.45) is 0.645. The summed E-state index contributed by atoms with van der Waals surface area (Å²) in [5, 5.41) is 2.93. The summed E-state index contributed by atoms with van der Waals surface area (Å²) in [7, 11) is 2.02. The van der Waals surface area contributed by atoms with Crippen molar-refractivity contribution in [2.24, 2.45) is 0 Å². The number of carbonyl (C=O) groups excluding carboxylic acids is 2. The van der Waals surface area contributed by atoms with Gasteiger partial charge in [0, 0.05) is 42.9 Å². The Labute approximate surface area is 205 Å². The van der Waals surface area contributed by atoms with Crippen molar-refractivity contribution in [3.05, 3.63) is 71.4 Å². The Kier molecular flexibility index (Phi) is 7.29. The monoisotopic (exact) mass is 473 g/mol. The van der Waals surface area contributed by atoms with E-state index in [0.29, 0.717) is 43.2 Å². The summed E-state index contributed by atoms with van der Waals surface area (Å²) < 4.78 is 5.01. The van der Waals surface area contributed by atoms with E-state index in [9.17, 15) is 9.59 Å². The van der Waals surface area contributed by atoms with E-state index in [1.54, 1.807) is 36.1 Å². The smallest absolute Gasteiger partial charge is 0.338 e. The van der Waals surface area contributed by atoms with E-state index in [-0.39, 0.29) is 18.0 Å². The van der Waals surface area contributed by atoms with Crippen LogP contribution in [0.5, 0.6) is 0 Å². The van der Waals surface area contributed by atoms with Gasteiger partial charge < -0.3 is 19.9 Å². The van der Waals surface area contributed by atoms with Crippen molar-refractivity contribution in [1.82, 2.24) is 14.9 Å². The van der Waals surface area contributed by atoms with E-state index in [4.69, 9.17) is 14.7 Å². The number of nitrogens with zero attached hydrogens (tertiary/aromatic N) is 4. The summed E-state index contributed by atoms with van der Waals surface area (Å²) in [5.41, 5.74) is 3.98. The molecule has 0 bridgehead atoms. The minimum atomic E-state index is -0.380. The Bertz CT molecular complexity index is 1200. The molecule has 4 rings (SSSR count). The van der Waals surface area contributed by atoms with E-state index in [1.165, 1.54) is 0 Å². The van der Waals surface area contributed by atoms with Gasteiger partial charge in [0.25, 0.3) is 0 Å². The highest BCUT2D eigenvalue weighted by molar-refractivity contribution is 5.92. The lowest BCUT2D eigenvalue weighted by molar-refractivity contribution is 0.0526. The molecule has 0 atom stereocenters. The number of esters is 1. The van der Waals surface area contributed by atoms with Gasteiger partial charge >= 0.3 is 12.0 Å². The van der Waals surface area contributed by atoms with Crippen LogP contribution in [0.25, 0.3) is 11.4 Å². The number of rotatable bonds is 6. The largest absolute Gasteiger partial charge is 0.462 e. The molecular formula is C27H31N5O3. The molecule has 0 unspecified atom stereocenters. The zero-order valence-electron chi connectivity index (χ0n) is 20.6.